The summed E-state index contributed by atoms with van der Waals surface area (Å²) in [5, 5.41) is 5.28. The molecule has 1 aromatic rings. The summed E-state index contributed by atoms with van der Waals surface area (Å²) in [6.07, 6.45) is 2.26. The lowest BCUT2D eigenvalue weighted by molar-refractivity contribution is 0.521. The standard InChI is InChI=1S/C13H17Cl2NS/c1-2-6-16-12-5-7-17-8-9-10(14)3-4-11(15)13(9)12/h3-4,12,16H,2,5-8H2,1H3. The number of hydrogen-bond acceptors (Lipinski definition) is 2. The lowest BCUT2D eigenvalue weighted by Crippen LogP contribution is -2.23. The van der Waals surface area contributed by atoms with E-state index < -0.39 is 0 Å². The zero-order valence-corrected chi connectivity index (χ0v) is 12.3. The van der Waals surface area contributed by atoms with Gasteiger partial charge in [-0.05, 0) is 48.4 Å². The van der Waals surface area contributed by atoms with E-state index in [9.17, 15) is 0 Å². The fourth-order valence-electron chi connectivity index (χ4n) is 2.18. The Morgan fingerprint density at radius 2 is 2.12 bits per heavy atom. The van der Waals surface area contributed by atoms with Gasteiger partial charge in [0.05, 0.1) is 0 Å². The minimum Gasteiger partial charge on any atom is -0.310 e. The normalized spacial score (nSPS) is 19.8. The second-order valence-corrected chi connectivity index (χ2v) is 6.19. The van der Waals surface area contributed by atoms with E-state index in [1.165, 1.54) is 11.1 Å². The van der Waals surface area contributed by atoms with Crippen LogP contribution in [0.3, 0.4) is 0 Å². The minimum atomic E-state index is 0.353. The molecule has 1 aliphatic heterocycles. The number of halogens is 2. The Morgan fingerprint density at radius 3 is 2.88 bits per heavy atom. The van der Waals surface area contributed by atoms with Crippen molar-refractivity contribution in [3.63, 3.8) is 0 Å². The molecule has 0 fully saturated rings. The maximum Gasteiger partial charge on any atom is 0.0457 e. The molecule has 94 valence electrons. The van der Waals surface area contributed by atoms with Crippen molar-refractivity contribution >= 4 is 35.0 Å². The number of fused-ring (bicyclic) bond motifs is 1. The maximum atomic E-state index is 6.35. The van der Waals surface area contributed by atoms with Crippen LogP contribution in [0.15, 0.2) is 12.1 Å². The molecular weight excluding hydrogens is 273 g/mol. The van der Waals surface area contributed by atoms with Crippen molar-refractivity contribution in [1.29, 1.82) is 0 Å². The molecule has 17 heavy (non-hydrogen) atoms. The van der Waals surface area contributed by atoms with Gasteiger partial charge >= 0.3 is 0 Å². The minimum absolute atomic E-state index is 0.353. The first-order valence-corrected chi connectivity index (χ1v) is 7.93. The SMILES string of the molecule is CCCNC1CCSCc2c(Cl)ccc(Cl)c21. The molecule has 0 radical (unpaired) electrons. The highest BCUT2D eigenvalue weighted by molar-refractivity contribution is 7.98. The van der Waals surface area contributed by atoms with Gasteiger partial charge in [0.2, 0.25) is 0 Å². The van der Waals surface area contributed by atoms with Crippen molar-refractivity contribution in [2.75, 3.05) is 12.3 Å². The molecule has 1 heterocycles. The van der Waals surface area contributed by atoms with Gasteiger partial charge in [-0.1, -0.05) is 30.1 Å². The molecule has 0 bridgehead atoms. The van der Waals surface area contributed by atoms with Crippen molar-refractivity contribution in [3.05, 3.63) is 33.3 Å². The van der Waals surface area contributed by atoms with Gasteiger partial charge in [-0.25, -0.2) is 0 Å². The molecule has 2 rings (SSSR count). The highest BCUT2D eigenvalue weighted by Crippen LogP contribution is 2.38. The number of nitrogens with one attached hydrogen (secondary N) is 1. The topological polar surface area (TPSA) is 12.0 Å². The Morgan fingerprint density at radius 1 is 1.35 bits per heavy atom. The van der Waals surface area contributed by atoms with Crippen molar-refractivity contribution in [3.8, 4) is 0 Å². The molecule has 0 amide bonds. The molecule has 1 atom stereocenters. The summed E-state index contributed by atoms with van der Waals surface area (Å²) >= 11 is 14.6. The van der Waals surface area contributed by atoms with Crippen LogP contribution in [0.5, 0.6) is 0 Å². The van der Waals surface area contributed by atoms with Gasteiger partial charge in [0.15, 0.2) is 0 Å². The van der Waals surface area contributed by atoms with Crippen LogP contribution in [0.2, 0.25) is 10.0 Å². The number of thioether (sulfide) groups is 1. The zero-order chi connectivity index (χ0) is 12.3. The molecular formula is C13H17Cl2NS. The smallest absolute Gasteiger partial charge is 0.0457 e. The Balaban J connectivity index is 2.36. The first kappa shape index (κ1) is 13.5. The zero-order valence-electron chi connectivity index (χ0n) is 9.93. The number of benzene rings is 1. The molecule has 0 aromatic heterocycles. The maximum absolute atomic E-state index is 6.35. The van der Waals surface area contributed by atoms with E-state index in [4.69, 9.17) is 23.2 Å². The van der Waals surface area contributed by atoms with Crippen molar-refractivity contribution < 1.29 is 0 Å². The van der Waals surface area contributed by atoms with E-state index in [1.807, 2.05) is 23.9 Å². The summed E-state index contributed by atoms with van der Waals surface area (Å²) in [5.41, 5.74) is 2.44. The van der Waals surface area contributed by atoms with Crippen LogP contribution < -0.4 is 5.32 Å². The van der Waals surface area contributed by atoms with Crippen LogP contribution in [-0.4, -0.2) is 12.3 Å². The molecule has 0 spiro atoms. The lowest BCUT2D eigenvalue weighted by atomic mass is 9.99. The van der Waals surface area contributed by atoms with E-state index in [2.05, 4.69) is 12.2 Å². The third kappa shape index (κ3) is 3.11. The fourth-order valence-corrected chi connectivity index (χ4v) is 3.86. The molecule has 1 aromatic carbocycles. The average molecular weight is 290 g/mol. The van der Waals surface area contributed by atoms with Gasteiger partial charge < -0.3 is 5.32 Å². The number of hydrogen-bond donors (Lipinski definition) is 1. The van der Waals surface area contributed by atoms with Crippen LogP contribution in [0.1, 0.15) is 36.9 Å². The van der Waals surface area contributed by atoms with Gasteiger partial charge in [0.25, 0.3) is 0 Å². The third-order valence-electron chi connectivity index (χ3n) is 3.03. The fraction of sp³-hybridized carbons (Fsp3) is 0.538. The summed E-state index contributed by atoms with van der Waals surface area (Å²) in [4.78, 5) is 0. The van der Waals surface area contributed by atoms with Gasteiger partial charge in [-0.3, -0.25) is 0 Å². The molecule has 4 heteroatoms. The lowest BCUT2D eigenvalue weighted by Gasteiger charge is -2.20. The Hall–Kier alpha value is 0.110. The molecule has 1 aliphatic rings. The average Bonchev–Trinajstić information content (AvgIpc) is 2.54. The first-order chi connectivity index (χ1) is 8.24. The van der Waals surface area contributed by atoms with E-state index in [1.54, 1.807) is 0 Å². The van der Waals surface area contributed by atoms with Crippen molar-refractivity contribution in [1.82, 2.24) is 5.32 Å². The van der Waals surface area contributed by atoms with Crippen molar-refractivity contribution in [2.45, 2.75) is 31.6 Å². The second-order valence-electron chi connectivity index (χ2n) is 4.27. The van der Waals surface area contributed by atoms with Gasteiger partial charge in [-0.2, -0.15) is 11.8 Å². The Bertz CT molecular complexity index is 395. The largest absolute Gasteiger partial charge is 0.310 e. The summed E-state index contributed by atoms with van der Waals surface area (Å²) < 4.78 is 0. The molecule has 1 nitrogen and oxygen atoms in total. The number of rotatable bonds is 3. The first-order valence-electron chi connectivity index (χ1n) is 6.02. The highest BCUT2D eigenvalue weighted by Gasteiger charge is 2.22. The predicted molar refractivity (Wildman–Crippen MR) is 78.3 cm³/mol. The van der Waals surface area contributed by atoms with Crippen LogP contribution >= 0.6 is 35.0 Å². The summed E-state index contributed by atoms with van der Waals surface area (Å²) in [7, 11) is 0. The monoisotopic (exact) mass is 289 g/mol. The summed E-state index contributed by atoms with van der Waals surface area (Å²) in [6, 6.07) is 4.18. The molecule has 0 saturated carbocycles. The molecule has 0 saturated heterocycles. The molecule has 1 unspecified atom stereocenters. The Labute approximate surface area is 117 Å². The van der Waals surface area contributed by atoms with Crippen LogP contribution in [0.4, 0.5) is 0 Å². The van der Waals surface area contributed by atoms with Crippen LogP contribution in [0, 0.1) is 0 Å². The van der Waals surface area contributed by atoms with Gasteiger partial charge in [0, 0.05) is 21.8 Å². The summed E-state index contributed by atoms with van der Waals surface area (Å²) in [5.74, 6) is 2.13. The van der Waals surface area contributed by atoms with E-state index in [0.29, 0.717) is 6.04 Å². The van der Waals surface area contributed by atoms with E-state index in [0.717, 1.165) is 40.9 Å². The molecule has 0 aliphatic carbocycles. The van der Waals surface area contributed by atoms with Gasteiger partial charge in [-0.15, -0.1) is 0 Å². The van der Waals surface area contributed by atoms with Crippen molar-refractivity contribution in [2.24, 2.45) is 0 Å². The molecule has 1 N–H and O–H groups in total. The van der Waals surface area contributed by atoms with E-state index in [-0.39, 0.29) is 0 Å². The summed E-state index contributed by atoms with van der Waals surface area (Å²) in [6.45, 7) is 3.20. The predicted octanol–water partition coefficient (Wildman–Crippen LogP) is 4.67. The highest BCUT2D eigenvalue weighted by atomic mass is 35.5. The van der Waals surface area contributed by atoms with E-state index >= 15 is 0 Å². The van der Waals surface area contributed by atoms with Gasteiger partial charge in [0.1, 0.15) is 0 Å². The third-order valence-corrected chi connectivity index (χ3v) is 4.73. The van der Waals surface area contributed by atoms with Crippen LogP contribution in [0.25, 0.3) is 0 Å². The van der Waals surface area contributed by atoms with Crippen LogP contribution in [-0.2, 0) is 5.75 Å². The second kappa shape index (κ2) is 6.33. The quantitative estimate of drug-likeness (QED) is 0.868. The Kier molecular flexibility index (Phi) is 5.04.